The summed E-state index contributed by atoms with van der Waals surface area (Å²) in [6.45, 7) is 4.10. The van der Waals surface area contributed by atoms with Crippen LogP contribution in [0.4, 0.5) is 0 Å². The van der Waals surface area contributed by atoms with Crippen LogP contribution in [0.5, 0.6) is 0 Å². The summed E-state index contributed by atoms with van der Waals surface area (Å²) >= 11 is 0. The molecule has 3 unspecified atom stereocenters. The van der Waals surface area contributed by atoms with Crippen LogP contribution in [0.1, 0.15) is 71.6 Å². The number of fused-ring (bicyclic) bond motifs is 1. The van der Waals surface area contributed by atoms with Gasteiger partial charge >= 0.3 is 0 Å². The van der Waals surface area contributed by atoms with Crippen LogP contribution in [0.25, 0.3) is 0 Å². The van der Waals surface area contributed by atoms with Crippen molar-refractivity contribution in [2.24, 2.45) is 11.3 Å². The molecular weight excluding hydrogens is 212 g/mol. The Bertz CT molecular complexity index is 291. The minimum atomic E-state index is -0.747. The molecule has 98 valence electrons. The largest absolute Gasteiger partial charge is 0.389 e. The van der Waals surface area contributed by atoms with Crippen molar-refractivity contribution >= 4 is 5.78 Å². The number of carbonyl (C=O) groups is 1. The van der Waals surface area contributed by atoms with Gasteiger partial charge in [0.15, 0.2) is 0 Å². The van der Waals surface area contributed by atoms with Crippen molar-refractivity contribution < 1.29 is 9.90 Å². The van der Waals surface area contributed by atoms with Crippen LogP contribution in [0, 0.1) is 11.3 Å². The third-order valence-corrected chi connectivity index (χ3v) is 5.04. The van der Waals surface area contributed by atoms with E-state index in [1.165, 1.54) is 12.8 Å². The number of ketones is 1. The summed E-state index contributed by atoms with van der Waals surface area (Å²) < 4.78 is 0. The van der Waals surface area contributed by atoms with Gasteiger partial charge in [0.1, 0.15) is 5.78 Å². The predicted octanol–water partition coefficient (Wildman–Crippen LogP) is 3.47. The fourth-order valence-electron chi connectivity index (χ4n) is 4.39. The van der Waals surface area contributed by atoms with Crippen molar-refractivity contribution in [2.75, 3.05) is 0 Å². The summed E-state index contributed by atoms with van der Waals surface area (Å²) in [7, 11) is 0. The lowest BCUT2D eigenvalue weighted by Crippen LogP contribution is -2.55. The van der Waals surface area contributed by atoms with Gasteiger partial charge in [0, 0.05) is 6.42 Å². The second-order valence-corrected chi connectivity index (χ2v) is 6.43. The van der Waals surface area contributed by atoms with Crippen molar-refractivity contribution in [2.45, 2.75) is 77.2 Å². The zero-order chi connectivity index (χ0) is 12.5. The first-order chi connectivity index (χ1) is 8.02. The number of unbranched alkanes of at least 4 members (excludes halogenated alkanes) is 1. The van der Waals surface area contributed by atoms with Crippen molar-refractivity contribution in [3.63, 3.8) is 0 Å². The summed E-state index contributed by atoms with van der Waals surface area (Å²) in [5, 5.41) is 10.6. The van der Waals surface area contributed by atoms with Gasteiger partial charge in [-0.15, -0.1) is 0 Å². The monoisotopic (exact) mass is 238 g/mol. The first-order valence-electron chi connectivity index (χ1n) is 7.27. The summed E-state index contributed by atoms with van der Waals surface area (Å²) in [5.74, 6) is 0.251. The molecule has 2 saturated carbocycles. The zero-order valence-electron chi connectivity index (χ0n) is 11.3. The van der Waals surface area contributed by atoms with E-state index in [2.05, 4.69) is 6.92 Å². The Morgan fingerprint density at radius 2 is 2.00 bits per heavy atom. The van der Waals surface area contributed by atoms with Crippen LogP contribution in [0.15, 0.2) is 0 Å². The van der Waals surface area contributed by atoms with Crippen LogP contribution in [0.3, 0.4) is 0 Å². The zero-order valence-corrected chi connectivity index (χ0v) is 11.3. The van der Waals surface area contributed by atoms with E-state index in [9.17, 15) is 9.90 Å². The molecule has 0 saturated heterocycles. The molecule has 0 aromatic heterocycles. The first-order valence-corrected chi connectivity index (χ1v) is 7.27. The van der Waals surface area contributed by atoms with E-state index in [1.54, 1.807) is 0 Å². The highest BCUT2D eigenvalue weighted by atomic mass is 16.3. The Morgan fingerprint density at radius 3 is 2.71 bits per heavy atom. The normalized spacial score (nSPS) is 42.3. The smallest absolute Gasteiger partial charge is 0.139 e. The van der Waals surface area contributed by atoms with Crippen LogP contribution in [-0.4, -0.2) is 16.5 Å². The Kier molecular flexibility index (Phi) is 3.63. The maximum atomic E-state index is 12.3. The second-order valence-electron chi connectivity index (χ2n) is 6.43. The molecule has 0 amide bonds. The third kappa shape index (κ3) is 2.29. The molecule has 0 aliphatic heterocycles. The molecule has 2 rings (SSSR count). The van der Waals surface area contributed by atoms with Gasteiger partial charge in [-0.3, -0.25) is 4.79 Å². The van der Waals surface area contributed by atoms with Gasteiger partial charge in [-0.05, 0) is 44.4 Å². The Hall–Kier alpha value is -0.370. The Balaban J connectivity index is 2.27. The van der Waals surface area contributed by atoms with Crippen LogP contribution < -0.4 is 0 Å². The number of aliphatic hydroxyl groups is 1. The highest BCUT2D eigenvalue weighted by molar-refractivity contribution is 5.84. The van der Waals surface area contributed by atoms with Crippen LogP contribution in [-0.2, 0) is 4.79 Å². The van der Waals surface area contributed by atoms with Crippen molar-refractivity contribution in [1.29, 1.82) is 0 Å². The van der Waals surface area contributed by atoms with Gasteiger partial charge in [-0.1, -0.05) is 26.2 Å². The minimum absolute atomic E-state index is 0.0796. The second kappa shape index (κ2) is 4.72. The summed E-state index contributed by atoms with van der Waals surface area (Å²) in [5.41, 5.74) is -0.614. The quantitative estimate of drug-likeness (QED) is 0.817. The Morgan fingerprint density at radius 1 is 1.29 bits per heavy atom. The molecule has 3 atom stereocenters. The van der Waals surface area contributed by atoms with E-state index in [1.807, 2.05) is 6.92 Å². The molecule has 0 aromatic rings. The molecule has 2 aliphatic rings. The van der Waals surface area contributed by atoms with Crippen molar-refractivity contribution in [1.82, 2.24) is 0 Å². The van der Waals surface area contributed by atoms with E-state index in [-0.39, 0.29) is 11.3 Å². The summed E-state index contributed by atoms with van der Waals surface area (Å²) in [4.78, 5) is 12.3. The van der Waals surface area contributed by atoms with Crippen LogP contribution >= 0.6 is 0 Å². The fraction of sp³-hybridized carbons (Fsp3) is 0.933. The standard InChI is InChI=1S/C15H26O2/c1-3-4-9-15-10-5-7-12(16)13(15)14(2,17)8-6-11-15/h13,17H,3-11H2,1-2H3. The molecule has 2 aliphatic carbocycles. The van der Waals surface area contributed by atoms with E-state index < -0.39 is 5.60 Å². The van der Waals surface area contributed by atoms with Gasteiger partial charge in [-0.25, -0.2) is 0 Å². The van der Waals surface area contributed by atoms with E-state index in [0.717, 1.165) is 38.5 Å². The highest BCUT2D eigenvalue weighted by Crippen LogP contribution is 2.55. The lowest BCUT2D eigenvalue weighted by molar-refractivity contribution is -0.158. The maximum Gasteiger partial charge on any atom is 0.139 e. The van der Waals surface area contributed by atoms with E-state index >= 15 is 0 Å². The SMILES string of the molecule is CCCCC12CCCC(=O)C1C(C)(O)CCC2. The fourth-order valence-corrected chi connectivity index (χ4v) is 4.39. The van der Waals surface area contributed by atoms with Gasteiger partial charge < -0.3 is 5.11 Å². The lowest BCUT2D eigenvalue weighted by Gasteiger charge is -2.53. The van der Waals surface area contributed by atoms with Crippen molar-refractivity contribution in [3.05, 3.63) is 0 Å². The van der Waals surface area contributed by atoms with Gasteiger partial charge in [0.05, 0.1) is 11.5 Å². The third-order valence-electron chi connectivity index (χ3n) is 5.04. The number of hydrogen-bond acceptors (Lipinski definition) is 2. The maximum absolute atomic E-state index is 12.3. The minimum Gasteiger partial charge on any atom is -0.389 e. The van der Waals surface area contributed by atoms with E-state index in [0.29, 0.717) is 12.2 Å². The molecule has 2 nitrogen and oxygen atoms in total. The first kappa shape index (κ1) is 13.1. The topological polar surface area (TPSA) is 37.3 Å². The number of Topliss-reactive ketones (excluding diaryl/α,β-unsaturated/α-hetero) is 1. The summed E-state index contributed by atoms with van der Waals surface area (Å²) in [6.07, 6.45) is 9.43. The highest BCUT2D eigenvalue weighted by Gasteiger charge is 2.54. The van der Waals surface area contributed by atoms with E-state index in [4.69, 9.17) is 0 Å². The molecule has 0 radical (unpaired) electrons. The van der Waals surface area contributed by atoms with Gasteiger partial charge in [-0.2, -0.15) is 0 Å². The number of hydrogen-bond donors (Lipinski definition) is 1. The molecule has 1 N–H and O–H groups in total. The number of carbonyl (C=O) groups excluding carboxylic acids is 1. The van der Waals surface area contributed by atoms with Crippen molar-refractivity contribution in [3.8, 4) is 0 Å². The number of rotatable bonds is 3. The lowest BCUT2D eigenvalue weighted by atomic mass is 9.52. The summed E-state index contributed by atoms with van der Waals surface area (Å²) in [6, 6.07) is 0. The Labute approximate surface area is 105 Å². The predicted molar refractivity (Wildman–Crippen MR) is 68.8 cm³/mol. The molecule has 0 aromatic carbocycles. The molecular formula is C15H26O2. The average Bonchev–Trinajstić information content (AvgIpc) is 2.25. The average molecular weight is 238 g/mol. The molecule has 0 bridgehead atoms. The van der Waals surface area contributed by atoms with Gasteiger partial charge in [0.25, 0.3) is 0 Å². The molecule has 0 spiro atoms. The molecule has 2 heteroatoms. The molecule has 0 heterocycles. The molecule has 17 heavy (non-hydrogen) atoms. The molecule has 2 fully saturated rings. The van der Waals surface area contributed by atoms with Gasteiger partial charge in [0.2, 0.25) is 0 Å². The van der Waals surface area contributed by atoms with Crippen LogP contribution in [0.2, 0.25) is 0 Å².